The quantitative estimate of drug-likeness (QED) is 0.132. The Hall–Kier alpha value is -2.62. The van der Waals surface area contributed by atoms with Gasteiger partial charge in [-0.2, -0.15) is 0 Å². The third kappa shape index (κ3) is 8.00. The van der Waals surface area contributed by atoms with Crippen molar-refractivity contribution >= 4 is 65.7 Å². The van der Waals surface area contributed by atoms with Crippen molar-refractivity contribution < 1.29 is 23.0 Å². The van der Waals surface area contributed by atoms with Crippen LogP contribution in [0.4, 0.5) is 22.7 Å². The van der Waals surface area contributed by atoms with E-state index in [2.05, 4.69) is 11.1 Å². The van der Waals surface area contributed by atoms with Crippen LogP contribution in [0.3, 0.4) is 0 Å². The van der Waals surface area contributed by atoms with Crippen LogP contribution in [-0.2, 0) is 13.1 Å². The first-order valence-electron chi connectivity index (χ1n) is 9.62. The van der Waals surface area contributed by atoms with Gasteiger partial charge >= 0.3 is 33.3 Å². The zero-order valence-electron chi connectivity index (χ0n) is 18.6. The molecule has 2 aromatic carbocycles. The van der Waals surface area contributed by atoms with Gasteiger partial charge in [0.05, 0.1) is 38.7 Å². The number of aryl methyl sites for hydroxylation is 2. The molecule has 0 atom stereocenters. The normalized spacial score (nSPS) is 11.7. The molecule has 0 aliphatic carbocycles. The third-order valence-electron chi connectivity index (χ3n) is 4.43. The van der Waals surface area contributed by atoms with Gasteiger partial charge in [-0.05, 0) is 63.1 Å². The summed E-state index contributed by atoms with van der Waals surface area (Å²) >= 11 is 1.68. The summed E-state index contributed by atoms with van der Waals surface area (Å²) in [6.45, 7) is 7.76. The topological polar surface area (TPSA) is 111 Å². The van der Waals surface area contributed by atoms with Gasteiger partial charge in [0, 0.05) is 21.9 Å². The maximum atomic E-state index is 11.1. The predicted molar refractivity (Wildman–Crippen MR) is 135 cm³/mol. The van der Waals surface area contributed by atoms with Crippen LogP contribution in [0.5, 0.6) is 0 Å². The molecule has 0 aliphatic rings. The van der Waals surface area contributed by atoms with Gasteiger partial charge in [-0.25, -0.2) is 0 Å². The van der Waals surface area contributed by atoms with E-state index in [4.69, 9.17) is 25.2 Å². The molecule has 12 heteroatoms. The van der Waals surface area contributed by atoms with Crippen molar-refractivity contribution in [3.63, 3.8) is 0 Å². The molecule has 3 rings (SSSR count). The van der Waals surface area contributed by atoms with Crippen molar-refractivity contribution in [2.45, 2.75) is 27.7 Å². The number of nitrogens with zero attached hydrogens (tertiary/aromatic N) is 4. The first-order valence-corrected chi connectivity index (χ1v) is 13.5. The molecule has 180 valence electrons. The average molecular weight is 563 g/mol. The van der Waals surface area contributed by atoms with Crippen LogP contribution in [0, 0.1) is 34.1 Å². The number of hydrogen-bond acceptors (Lipinski definition) is 7. The molecule has 0 N–H and O–H groups in total. The molecule has 0 aliphatic heterocycles. The number of nitro groups is 2. The molecule has 0 spiro atoms. The minimum absolute atomic E-state index is 0.161. The summed E-state index contributed by atoms with van der Waals surface area (Å²) in [5.74, 6) is 0. The molecule has 0 saturated heterocycles. The number of non-ortho nitro benzene ring substituents is 2. The van der Waals surface area contributed by atoms with Crippen molar-refractivity contribution in [2.75, 3.05) is 0 Å². The maximum absolute atomic E-state index is 11.1. The molecular formula is C22H20Cl2FeN4O4S. The second kappa shape index (κ2) is 12.7. The molecule has 34 heavy (non-hydrogen) atoms. The molecular weight excluding hydrogens is 543 g/mol. The molecule has 0 radical (unpaired) electrons. The Bertz CT molecular complexity index is 1230. The number of benzene rings is 2. The zero-order valence-corrected chi connectivity index (χ0v) is 22.0. The summed E-state index contributed by atoms with van der Waals surface area (Å²) in [5, 5.41) is 22.2. The van der Waals surface area contributed by atoms with E-state index in [-0.39, 0.29) is 30.2 Å². The SMILES string of the molecule is CC(=Nc1cc(C)cc(C)c1)c1ccc(C(C)=Nc2cc([N+](=O)[O-])cc([N+](=O)[O-])c2)s1.[Cl][Fe][Cl]. The molecule has 8 nitrogen and oxygen atoms in total. The molecule has 0 bridgehead atoms. The fourth-order valence-electron chi connectivity index (χ4n) is 3.09. The van der Waals surface area contributed by atoms with Crippen molar-refractivity contribution in [3.8, 4) is 0 Å². The molecule has 0 saturated carbocycles. The van der Waals surface area contributed by atoms with E-state index in [0.29, 0.717) is 5.71 Å². The van der Waals surface area contributed by atoms with Crippen molar-refractivity contribution in [1.82, 2.24) is 0 Å². The number of thiophene rings is 1. The predicted octanol–water partition coefficient (Wildman–Crippen LogP) is 7.84. The van der Waals surface area contributed by atoms with E-state index in [1.165, 1.54) is 23.5 Å². The number of hydrogen-bond donors (Lipinski definition) is 0. The summed E-state index contributed by atoms with van der Waals surface area (Å²) in [7, 11) is 9.53. The third-order valence-corrected chi connectivity index (χ3v) is 5.73. The fourth-order valence-corrected chi connectivity index (χ4v) is 3.99. The van der Waals surface area contributed by atoms with Gasteiger partial charge in [-0.3, -0.25) is 30.2 Å². The van der Waals surface area contributed by atoms with Crippen LogP contribution >= 0.6 is 31.5 Å². The average Bonchev–Trinajstić information content (AvgIpc) is 3.24. The Kier molecular flexibility index (Phi) is 10.3. The summed E-state index contributed by atoms with van der Waals surface area (Å²) in [6, 6.07) is 13.3. The van der Waals surface area contributed by atoms with Crippen LogP contribution < -0.4 is 0 Å². The van der Waals surface area contributed by atoms with Crippen LogP contribution in [0.1, 0.15) is 34.7 Å². The van der Waals surface area contributed by atoms with E-state index < -0.39 is 9.85 Å². The van der Waals surface area contributed by atoms with E-state index in [1.54, 1.807) is 6.92 Å². The Balaban J connectivity index is 0.00000129. The first-order chi connectivity index (χ1) is 16.0. The second-order valence-corrected chi connectivity index (χ2v) is 10.1. The molecule has 0 amide bonds. The van der Waals surface area contributed by atoms with Gasteiger partial charge < -0.3 is 0 Å². The Labute approximate surface area is 215 Å². The van der Waals surface area contributed by atoms with Crippen molar-refractivity contribution in [3.05, 3.63) is 89.6 Å². The number of halogens is 2. The van der Waals surface area contributed by atoms with Crippen molar-refractivity contribution in [1.29, 1.82) is 0 Å². The summed E-state index contributed by atoms with van der Waals surface area (Å²) in [5.41, 5.74) is 4.06. The first kappa shape index (κ1) is 27.6. The van der Waals surface area contributed by atoms with Crippen LogP contribution in [0.2, 0.25) is 0 Å². The van der Waals surface area contributed by atoms with Crippen molar-refractivity contribution in [2.24, 2.45) is 9.98 Å². The summed E-state index contributed by atoms with van der Waals surface area (Å²) in [6.07, 6.45) is 0. The van der Waals surface area contributed by atoms with Gasteiger partial charge in [0.1, 0.15) is 0 Å². The van der Waals surface area contributed by atoms with Crippen LogP contribution in [0.25, 0.3) is 0 Å². The van der Waals surface area contributed by atoms with Crippen LogP contribution in [0.15, 0.2) is 58.5 Å². The van der Waals surface area contributed by atoms with E-state index in [9.17, 15) is 20.2 Å². The Morgan fingerprint density at radius 2 is 1.18 bits per heavy atom. The van der Waals surface area contributed by atoms with Gasteiger partial charge in [0.15, 0.2) is 0 Å². The standard InChI is InChI=1S/C22H20N4O4S.2ClH.Fe/c1-13-7-14(2)9-17(8-13)23-15(3)21-5-6-22(31-21)16(4)24-18-10-19(25(27)28)12-20(11-18)26(29)30;;;/h5-12H,1-4H3;2*1H;/q;;;+2/p-2. The second-order valence-electron chi connectivity index (χ2n) is 7.18. The van der Waals surface area contributed by atoms with E-state index >= 15 is 0 Å². The zero-order chi connectivity index (χ0) is 25.4. The fraction of sp³-hybridized carbons (Fsp3) is 0.182. The van der Waals surface area contributed by atoms with Crippen LogP contribution in [-0.4, -0.2) is 21.3 Å². The Morgan fingerprint density at radius 1 is 0.794 bits per heavy atom. The molecule has 1 heterocycles. The molecule has 0 unspecified atom stereocenters. The number of nitro benzene ring substituents is 2. The van der Waals surface area contributed by atoms with E-state index in [1.807, 2.05) is 45.0 Å². The van der Waals surface area contributed by atoms with Gasteiger partial charge in [0.2, 0.25) is 0 Å². The Morgan fingerprint density at radius 3 is 1.56 bits per heavy atom. The molecule has 1 aromatic heterocycles. The van der Waals surface area contributed by atoms with Gasteiger partial charge in [-0.1, -0.05) is 6.07 Å². The summed E-state index contributed by atoms with van der Waals surface area (Å²) in [4.78, 5) is 31.7. The minimum atomic E-state index is -0.669. The van der Waals surface area contributed by atoms with E-state index in [0.717, 1.165) is 38.3 Å². The molecule has 3 aromatic rings. The molecule has 0 fully saturated rings. The monoisotopic (exact) mass is 562 g/mol. The summed E-state index contributed by atoms with van der Waals surface area (Å²) < 4.78 is 0. The van der Waals surface area contributed by atoms with Gasteiger partial charge in [-0.15, -0.1) is 11.3 Å². The van der Waals surface area contributed by atoms with Gasteiger partial charge in [0.25, 0.3) is 11.4 Å². The number of rotatable bonds is 6. The number of aliphatic imine (C=N–C) groups is 2.